The number of alkyl halides is 3. The molecule has 1 saturated heterocycles. The first-order chi connectivity index (χ1) is 12.7. The molecule has 1 unspecified atom stereocenters. The van der Waals surface area contributed by atoms with Gasteiger partial charge >= 0.3 is 6.18 Å². The molecular formula is C20H23F3N2O2. The minimum Gasteiger partial charge on any atom is -0.459 e. The van der Waals surface area contributed by atoms with Gasteiger partial charge < -0.3 is 14.2 Å². The third-order valence-corrected chi connectivity index (χ3v) is 4.92. The normalized spacial score (nSPS) is 18.3. The van der Waals surface area contributed by atoms with E-state index in [1.54, 1.807) is 17.0 Å². The summed E-state index contributed by atoms with van der Waals surface area (Å²) < 4.78 is 45.1. The Labute approximate surface area is 156 Å². The second-order valence-electron chi connectivity index (χ2n) is 7.24. The molecule has 1 fully saturated rings. The maximum absolute atomic E-state index is 13.3. The van der Waals surface area contributed by atoms with E-state index in [1.165, 1.54) is 18.4 Å². The minimum atomic E-state index is -4.39. The SMILES string of the molecule is CC(C)c1cc(N2CCN(C(=O)c3ccco3)C(C)C2)cc(C(F)(F)F)c1. The van der Waals surface area contributed by atoms with Gasteiger partial charge in [0.1, 0.15) is 0 Å². The number of hydrogen-bond acceptors (Lipinski definition) is 3. The van der Waals surface area contributed by atoms with Gasteiger partial charge in [-0.1, -0.05) is 13.8 Å². The first-order valence-corrected chi connectivity index (χ1v) is 8.98. The fourth-order valence-corrected chi connectivity index (χ4v) is 3.35. The Hall–Kier alpha value is -2.44. The monoisotopic (exact) mass is 380 g/mol. The molecule has 3 rings (SSSR count). The van der Waals surface area contributed by atoms with E-state index in [2.05, 4.69) is 0 Å². The van der Waals surface area contributed by atoms with E-state index in [4.69, 9.17) is 4.42 Å². The van der Waals surface area contributed by atoms with Crippen LogP contribution < -0.4 is 4.90 Å². The number of hydrogen-bond donors (Lipinski definition) is 0. The largest absolute Gasteiger partial charge is 0.459 e. The highest BCUT2D eigenvalue weighted by Crippen LogP contribution is 2.35. The van der Waals surface area contributed by atoms with Crippen LogP contribution in [0.25, 0.3) is 0 Å². The van der Waals surface area contributed by atoms with Crippen LogP contribution in [0.2, 0.25) is 0 Å². The number of carbonyl (C=O) groups excluding carboxylic acids is 1. The molecule has 1 aromatic heterocycles. The fourth-order valence-electron chi connectivity index (χ4n) is 3.35. The van der Waals surface area contributed by atoms with Crippen LogP contribution in [0.3, 0.4) is 0 Å². The molecule has 0 saturated carbocycles. The second-order valence-corrected chi connectivity index (χ2v) is 7.24. The van der Waals surface area contributed by atoms with E-state index >= 15 is 0 Å². The van der Waals surface area contributed by atoms with Crippen LogP contribution in [0.1, 0.15) is 48.4 Å². The van der Waals surface area contributed by atoms with Gasteiger partial charge in [0.15, 0.2) is 5.76 Å². The summed E-state index contributed by atoms with van der Waals surface area (Å²) in [7, 11) is 0. The first kappa shape index (κ1) is 19.3. The molecule has 1 aliphatic rings. The molecule has 2 aromatic rings. The predicted octanol–water partition coefficient (Wildman–Crippen LogP) is 4.77. The van der Waals surface area contributed by atoms with Crippen molar-refractivity contribution in [1.82, 2.24) is 4.90 Å². The van der Waals surface area contributed by atoms with E-state index < -0.39 is 11.7 Å². The van der Waals surface area contributed by atoms with Gasteiger partial charge in [-0.05, 0) is 48.7 Å². The minimum absolute atomic E-state index is 0.00899. The molecule has 2 heterocycles. The molecule has 0 N–H and O–H groups in total. The number of halogens is 3. The van der Waals surface area contributed by atoms with Crippen LogP contribution in [0.4, 0.5) is 18.9 Å². The van der Waals surface area contributed by atoms with Gasteiger partial charge in [-0.25, -0.2) is 0 Å². The average molecular weight is 380 g/mol. The van der Waals surface area contributed by atoms with Gasteiger partial charge in [0.2, 0.25) is 0 Å². The van der Waals surface area contributed by atoms with E-state index in [0.29, 0.717) is 30.9 Å². The van der Waals surface area contributed by atoms with Crippen molar-refractivity contribution in [3.05, 3.63) is 53.5 Å². The molecular weight excluding hydrogens is 357 g/mol. The number of furan rings is 1. The maximum atomic E-state index is 13.3. The third-order valence-electron chi connectivity index (χ3n) is 4.92. The van der Waals surface area contributed by atoms with E-state index in [1.807, 2.05) is 31.7 Å². The molecule has 4 nitrogen and oxygen atoms in total. The molecule has 0 spiro atoms. The lowest BCUT2D eigenvalue weighted by Gasteiger charge is -2.41. The maximum Gasteiger partial charge on any atom is 0.416 e. The lowest BCUT2D eigenvalue weighted by atomic mass is 9.98. The van der Waals surface area contributed by atoms with Crippen molar-refractivity contribution < 1.29 is 22.4 Å². The Kier molecular flexibility index (Phi) is 5.22. The van der Waals surface area contributed by atoms with Crippen LogP contribution in [0, 0.1) is 0 Å². The van der Waals surface area contributed by atoms with Gasteiger partial charge in [-0.15, -0.1) is 0 Å². The standard InChI is InChI=1S/C20H23F3N2O2/c1-13(2)15-9-16(20(21,22)23)11-17(10-15)24-6-7-25(14(3)12-24)19(26)18-5-4-8-27-18/h4-5,8-11,13-14H,6-7,12H2,1-3H3. The van der Waals surface area contributed by atoms with E-state index in [0.717, 1.165) is 0 Å². The van der Waals surface area contributed by atoms with E-state index in [9.17, 15) is 18.0 Å². The van der Waals surface area contributed by atoms with Crippen LogP contribution in [-0.2, 0) is 6.18 Å². The summed E-state index contributed by atoms with van der Waals surface area (Å²) in [5.41, 5.74) is 0.567. The molecule has 0 radical (unpaired) electrons. The smallest absolute Gasteiger partial charge is 0.416 e. The van der Waals surface area contributed by atoms with Crippen molar-refractivity contribution in [2.45, 2.75) is 38.9 Å². The van der Waals surface area contributed by atoms with Gasteiger partial charge in [-0.3, -0.25) is 4.79 Å². The van der Waals surface area contributed by atoms with Crippen molar-refractivity contribution in [3.8, 4) is 0 Å². The molecule has 27 heavy (non-hydrogen) atoms. The van der Waals surface area contributed by atoms with Crippen molar-refractivity contribution in [2.75, 3.05) is 24.5 Å². The highest BCUT2D eigenvalue weighted by molar-refractivity contribution is 5.91. The number of carbonyl (C=O) groups is 1. The van der Waals surface area contributed by atoms with Gasteiger partial charge in [0.05, 0.1) is 11.8 Å². The lowest BCUT2D eigenvalue weighted by Crippen LogP contribution is -2.54. The topological polar surface area (TPSA) is 36.7 Å². The molecule has 146 valence electrons. The summed E-state index contributed by atoms with van der Waals surface area (Å²) in [5, 5.41) is 0. The molecule has 1 aliphatic heterocycles. The number of anilines is 1. The Bertz CT molecular complexity index is 800. The molecule has 1 aromatic carbocycles. The molecule has 1 atom stereocenters. The van der Waals surface area contributed by atoms with Gasteiger partial charge in [0.25, 0.3) is 5.91 Å². The quantitative estimate of drug-likeness (QED) is 0.769. The van der Waals surface area contributed by atoms with Crippen LogP contribution in [0.5, 0.6) is 0 Å². The average Bonchev–Trinajstić information content (AvgIpc) is 3.14. The summed E-state index contributed by atoms with van der Waals surface area (Å²) >= 11 is 0. The molecule has 1 amide bonds. The second kappa shape index (κ2) is 7.29. The number of benzene rings is 1. The van der Waals surface area contributed by atoms with Crippen molar-refractivity contribution in [3.63, 3.8) is 0 Å². The Morgan fingerprint density at radius 1 is 1.22 bits per heavy atom. The van der Waals surface area contributed by atoms with E-state index in [-0.39, 0.29) is 23.6 Å². The van der Waals surface area contributed by atoms with Gasteiger partial charge in [-0.2, -0.15) is 13.2 Å². The highest BCUT2D eigenvalue weighted by Gasteiger charge is 2.34. The van der Waals surface area contributed by atoms with Crippen molar-refractivity contribution in [2.24, 2.45) is 0 Å². The summed E-state index contributed by atoms with van der Waals surface area (Å²) in [4.78, 5) is 16.1. The third kappa shape index (κ3) is 4.12. The highest BCUT2D eigenvalue weighted by atomic mass is 19.4. The fraction of sp³-hybridized carbons (Fsp3) is 0.450. The zero-order chi connectivity index (χ0) is 19.8. The molecule has 0 bridgehead atoms. The molecule has 7 heteroatoms. The van der Waals surface area contributed by atoms with Crippen LogP contribution in [0.15, 0.2) is 41.0 Å². The van der Waals surface area contributed by atoms with Crippen molar-refractivity contribution >= 4 is 11.6 Å². The number of nitrogens with zero attached hydrogens (tertiary/aromatic N) is 2. The number of amides is 1. The Morgan fingerprint density at radius 2 is 1.96 bits per heavy atom. The van der Waals surface area contributed by atoms with Crippen LogP contribution in [-0.4, -0.2) is 36.5 Å². The summed E-state index contributed by atoms with van der Waals surface area (Å²) in [6.45, 7) is 7.00. The zero-order valence-corrected chi connectivity index (χ0v) is 15.6. The zero-order valence-electron chi connectivity index (χ0n) is 15.6. The summed E-state index contributed by atoms with van der Waals surface area (Å²) in [6, 6.07) is 7.36. The first-order valence-electron chi connectivity index (χ1n) is 8.98. The van der Waals surface area contributed by atoms with Crippen molar-refractivity contribution in [1.29, 1.82) is 0 Å². The Balaban J connectivity index is 1.82. The molecule has 0 aliphatic carbocycles. The summed E-state index contributed by atoms with van der Waals surface area (Å²) in [5.74, 6) is 0.0702. The Morgan fingerprint density at radius 3 is 2.52 bits per heavy atom. The van der Waals surface area contributed by atoms with Crippen LogP contribution >= 0.6 is 0 Å². The predicted molar refractivity (Wildman–Crippen MR) is 97.0 cm³/mol. The van der Waals surface area contributed by atoms with Gasteiger partial charge in [0, 0.05) is 31.4 Å². The summed E-state index contributed by atoms with van der Waals surface area (Å²) in [6.07, 6.45) is -2.94. The lowest BCUT2D eigenvalue weighted by molar-refractivity contribution is -0.137. The number of piperazine rings is 1. The number of rotatable bonds is 3.